The lowest BCUT2D eigenvalue weighted by atomic mass is 10.1. The van der Waals surface area contributed by atoms with E-state index >= 15 is 0 Å². The van der Waals surface area contributed by atoms with Crippen molar-refractivity contribution in [2.45, 2.75) is 12.2 Å². The van der Waals surface area contributed by atoms with Crippen molar-refractivity contribution in [3.63, 3.8) is 0 Å². The van der Waals surface area contributed by atoms with Gasteiger partial charge in [0.25, 0.3) is 0 Å². The normalized spacial score (nSPS) is 15.4. The van der Waals surface area contributed by atoms with Crippen molar-refractivity contribution in [2.75, 3.05) is 5.75 Å². The molecule has 1 rings (SSSR count). The Morgan fingerprint density at radius 1 is 1.46 bits per heavy atom. The summed E-state index contributed by atoms with van der Waals surface area (Å²) in [5.74, 6) is 0.207. The van der Waals surface area contributed by atoms with Gasteiger partial charge in [-0.25, -0.2) is 0 Å². The molecule has 3 nitrogen and oxygen atoms in total. The summed E-state index contributed by atoms with van der Waals surface area (Å²) in [5.41, 5.74) is 0.449. The molecule has 0 aliphatic rings. The molecule has 5 heteroatoms. The molecule has 72 valence electrons. The average Bonchev–Trinajstić information content (AvgIpc) is 2.17. The van der Waals surface area contributed by atoms with Crippen molar-refractivity contribution in [2.24, 2.45) is 0 Å². The molecule has 1 aromatic rings. The number of thiol groups is 1. The maximum Gasteiger partial charge on any atom is 0.122 e. The van der Waals surface area contributed by atoms with Crippen molar-refractivity contribution in [1.29, 1.82) is 0 Å². The van der Waals surface area contributed by atoms with E-state index in [1.807, 2.05) is 0 Å². The van der Waals surface area contributed by atoms with Crippen LogP contribution in [0.15, 0.2) is 22.8 Å². The van der Waals surface area contributed by atoms with Gasteiger partial charge in [-0.3, -0.25) is 4.98 Å². The summed E-state index contributed by atoms with van der Waals surface area (Å²) < 4.78 is 0.837. The molecule has 0 aliphatic carbocycles. The quantitative estimate of drug-likeness (QED) is 0.718. The Labute approximate surface area is 90.4 Å². The molecular weight excluding hydrogens is 254 g/mol. The fourth-order valence-electron chi connectivity index (χ4n) is 0.859. The van der Waals surface area contributed by atoms with Gasteiger partial charge in [-0.15, -0.1) is 0 Å². The van der Waals surface area contributed by atoms with E-state index in [0.29, 0.717) is 5.69 Å². The number of aromatic nitrogens is 1. The second kappa shape index (κ2) is 4.95. The zero-order valence-corrected chi connectivity index (χ0v) is 9.24. The van der Waals surface area contributed by atoms with E-state index in [9.17, 15) is 10.2 Å². The lowest BCUT2D eigenvalue weighted by Crippen LogP contribution is -2.20. The highest BCUT2D eigenvalue weighted by Gasteiger charge is 2.17. The molecule has 0 aromatic carbocycles. The monoisotopic (exact) mass is 263 g/mol. The summed E-state index contributed by atoms with van der Waals surface area (Å²) >= 11 is 7.11. The first-order valence-corrected chi connectivity index (χ1v) is 5.16. The van der Waals surface area contributed by atoms with Gasteiger partial charge < -0.3 is 10.2 Å². The number of halogens is 1. The first-order chi connectivity index (χ1) is 6.15. The van der Waals surface area contributed by atoms with Crippen LogP contribution in [0.4, 0.5) is 0 Å². The third kappa shape index (κ3) is 2.95. The minimum absolute atomic E-state index is 0.207. The molecule has 0 saturated carbocycles. The number of rotatable bonds is 3. The Morgan fingerprint density at radius 3 is 2.62 bits per heavy atom. The first-order valence-electron chi connectivity index (χ1n) is 3.73. The zero-order chi connectivity index (χ0) is 9.84. The highest BCUT2D eigenvalue weighted by atomic mass is 79.9. The largest absolute Gasteiger partial charge is 0.389 e. The summed E-state index contributed by atoms with van der Waals surface area (Å²) in [6.07, 6.45) is -0.272. The molecule has 1 heterocycles. The van der Waals surface area contributed by atoms with Crippen LogP contribution in [-0.2, 0) is 0 Å². The minimum Gasteiger partial charge on any atom is -0.389 e. The summed E-state index contributed by atoms with van der Waals surface area (Å²) in [4.78, 5) is 3.96. The third-order valence-corrected chi connectivity index (χ3v) is 2.45. The molecule has 0 aliphatic heterocycles. The molecule has 13 heavy (non-hydrogen) atoms. The fraction of sp³-hybridized carbons (Fsp3) is 0.375. The van der Waals surface area contributed by atoms with Crippen molar-refractivity contribution >= 4 is 28.6 Å². The van der Waals surface area contributed by atoms with Crippen LogP contribution in [0.5, 0.6) is 0 Å². The number of pyridine rings is 1. The van der Waals surface area contributed by atoms with E-state index in [1.165, 1.54) is 0 Å². The molecule has 0 spiro atoms. The lowest BCUT2D eigenvalue weighted by Gasteiger charge is -2.14. The summed E-state index contributed by atoms with van der Waals surface area (Å²) in [6, 6.07) is 3.41. The predicted molar refractivity (Wildman–Crippen MR) is 56.8 cm³/mol. The van der Waals surface area contributed by atoms with Crippen molar-refractivity contribution < 1.29 is 10.2 Å². The maximum atomic E-state index is 9.50. The topological polar surface area (TPSA) is 53.4 Å². The molecule has 1 aromatic heterocycles. The molecular formula is C8H10BrNO2S. The Bertz CT molecular complexity index is 267. The minimum atomic E-state index is -0.967. The zero-order valence-electron chi connectivity index (χ0n) is 6.76. The Hall–Kier alpha value is -0.100. The first kappa shape index (κ1) is 11.0. The molecule has 0 radical (unpaired) electrons. The van der Waals surface area contributed by atoms with Crippen LogP contribution in [0, 0.1) is 0 Å². The summed E-state index contributed by atoms with van der Waals surface area (Å²) in [5, 5.41) is 18.8. The highest BCUT2D eigenvalue weighted by molar-refractivity contribution is 9.10. The maximum absolute atomic E-state index is 9.50. The number of hydrogen-bond acceptors (Lipinski definition) is 4. The smallest absolute Gasteiger partial charge is 0.122 e. The van der Waals surface area contributed by atoms with Crippen LogP contribution in [0.1, 0.15) is 11.8 Å². The van der Waals surface area contributed by atoms with Gasteiger partial charge in [-0.1, -0.05) is 0 Å². The van der Waals surface area contributed by atoms with Crippen molar-refractivity contribution in [3.8, 4) is 0 Å². The van der Waals surface area contributed by atoms with E-state index in [4.69, 9.17) is 0 Å². The van der Waals surface area contributed by atoms with Crippen LogP contribution in [-0.4, -0.2) is 27.1 Å². The van der Waals surface area contributed by atoms with E-state index in [1.54, 1.807) is 18.3 Å². The molecule has 0 fully saturated rings. The van der Waals surface area contributed by atoms with Gasteiger partial charge in [-0.2, -0.15) is 12.6 Å². The van der Waals surface area contributed by atoms with Crippen LogP contribution in [0.25, 0.3) is 0 Å². The lowest BCUT2D eigenvalue weighted by molar-refractivity contribution is 0.0310. The van der Waals surface area contributed by atoms with Gasteiger partial charge in [0, 0.05) is 16.4 Å². The van der Waals surface area contributed by atoms with Crippen molar-refractivity contribution in [3.05, 3.63) is 28.5 Å². The Kier molecular flexibility index (Phi) is 4.18. The van der Waals surface area contributed by atoms with E-state index in [0.717, 1.165) is 4.47 Å². The SMILES string of the molecule is OC(CS)C(O)c1ccc(Br)cn1. The molecule has 0 bridgehead atoms. The molecule has 2 unspecified atom stereocenters. The van der Waals surface area contributed by atoms with Crippen molar-refractivity contribution in [1.82, 2.24) is 4.98 Å². The molecule has 0 saturated heterocycles. The second-order valence-electron chi connectivity index (χ2n) is 2.60. The average molecular weight is 264 g/mol. The van der Waals surface area contributed by atoms with E-state index < -0.39 is 12.2 Å². The van der Waals surface area contributed by atoms with Crippen LogP contribution in [0.3, 0.4) is 0 Å². The summed E-state index contributed by atoms with van der Waals surface area (Å²) in [7, 11) is 0. The van der Waals surface area contributed by atoms with Gasteiger partial charge >= 0.3 is 0 Å². The summed E-state index contributed by atoms with van der Waals surface area (Å²) in [6.45, 7) is 0. The highest BCUT2D eigenvalue weighted by Crippen LogP contribution is 2.17. The number of aliphatic hydroxyl groups is 2. The van der Waals surface area contributed by atoms with E-state index in [2.05, 4.69) is 33.5 Å². The van der Waals surface area contributed by atoms with Gasteiger partial charge in [0.2, 0.25) is 0 Å². The molecule has 0 amide bonds. The van der Waals surface area contributed by atoms with Gasteiger partial charge in [-0.05, 0) is 28.1 Å². The predicted octanol–water partition coefficient (Wildman–Crippen LogP) is 1.17. The molecule has 2 N–H and O–H groups in total. The standard InChI is InChI=1S/C8H10BrNO2S/c9-5-1-2-6(10-3-5)8(12)7(11)4-13/h1-3,7-8,11-13H,4H2. The van der Waals surface area contributed by atoms with Gasteiger partial charge in [0.15, 0.2) is 0 Å². The van der Waals surface area contributed by atoms with Gasteiger partial charge in [0.1, 0.15) is 6.10 Å². The molecule has 2 atom stereocenters. The fourth-order valence-corrected chi connectivity index (χ4v) is 1.29. The van der Waals surface area contributed by atoms with Crippen LogP contribution < -0.4 is 0 Å². The van der Waals surface area contributed by atoms with Gasteiger partial charge in [0.05, 0.1) is 11.8 Å². The number of hydrogen-bond donors (Lipinski definition) is 3. The van der Waals surface area contributed by atoms with E-state index in [-0.39, 0.29) is 5.75 Å². The number of aliphatic hydroxyl groups excluding tert-OH is 2. The third-order valence-electron chi connectivity index (χ3n) is 1.60. The number of nitrogens with zero attached hydrogens (tertiary/aromatic N) is 1. The second-order valence-corrected chi connectivity index (χ2v) is 3.88. The Morgan fingerprint density at radius 2 is 2.15 bits per heavy atom. The van der Waals surface area contributed by atoms with Crippen LogP contribution >= 0.6 is 28.6 Å². The Balaban J connectivity index is 2.77. The van der Waals surface area contributed by atoms with Crippen LogP contribution in [0.2, 0.25) is 0 Å².